The number of rotatable bonds is 8. The van der Waals surface area contributed by atoms with Crippen LogP contribution in [0.15, 0.2) is 18.2 Å². The molecule has 194 valence electrons. The molecule has 1 N–H and O–H groups in total. The largest absolute Gasteiger partial charge is 0.482 e. The van der Waals surface area contributed by atoms with Crippen molar-refractivity contribution in [1.82, 2.24) is 10.2 Å². The highest BCUT2D eigenvalue weighted by Gasteiger charge is 2.68. The summed E-state index contributed by atoms with van der Waals surface area (Å²) in [6, 6.07) is 6.38. The van der Waals surface area contributed by atoms with Crippen LogP contribution in [0.1, 0.15) is 70.6 Å². The first kappa shape index (κ1) is 26.8. The quantitative estimate of drug-likeness (QED) is 0.442. The molecule has 6 nitrogen and oxygen atoms in total. The van der Waals surface area contributed by atoms with Crippen molar-refractivity contribution in [2.45, 2.75) is 91.8 Å². The predicted octanol–water partition coefficient (Wildman–Crippen LogP) is 3.86. The summed E-state index contributed by atoms with van der Waals surface area (Å²) in [5.74, 6) is 5.40. The van der Waals surface area contributed by atoms with Gasteiger partial charge in [-0.3, -0.25) is 9.59 Å². The molecule has 1 aliphatic heterocycles. The number of amides is 2. The monoisotopic (exact) mass is 492 g/mol. The summed E-state index contributed by atoms with van der Waals surface area (Å²) >= 11 is 0. The lowest BCUT2D eigenvalue weighted by Crippen LogP contribution is -2.65. The fraction of sp³-hybridized carbons (Fsp3) is 0.655. The van der Waals surface area contributed by atoms with Crippen LogP contribution in [-0.4, -0.2) is 54.6 Å². The number of benzene rings is 1. The van der Waals surface area contributed by atoms with Gasteiger partial charge in [0.2, 0.25) is 5.91 Å². The predicted molar refractivity (Wildman–Crippen MR) is 142 cm³/mol. The van der Waals surface area contributed by atoms with Crippen molar-refractivity contribution in [3.63, 3.8) is 0 Å². The average molecular weight is 492 g/mol. The lowest BCUT2D eigenvalue weighted by atomic mass is 9.43. The van der Waals surface area contributed by atoms with Crippen molar-refractivity contribution in [3.05, 3.63) is 34.9 Å². The van der Waals surface area contributed by atoms with E-state index in [2.05, 4.69) is 70.0 Å². The van der Waals surface area contributed by atoms with Crippen molar-refractivity contribution in [2.75, 3.05) is 13.1 Å². The van der Waals surface area contributed by atoms with E-state index in [1.165, 1.54) is 22.4 Å². The molecule has 5 atom stereocenters. The molecule has 2 bridgehead atoms. The molecule has 2 unspecified atom stereocenters. The Labute approximate surface area is 217 Å². The van der Waals surface area contributed by atoms with Gasteiger partial charge in [0.05, 0.1) is 17.6 Å². The lowest BCUT2D eigenvalue weighted by molar-refractivity contribution is -0.199. The first-order valence-electron chi connectivity index (χ1n) is 13.4. The van der Waals surface area contributed by atoms with Crippen LogP contribution in [0.5, 0.6) is 0 Å². The fourth-order valence-electron chi connectivity index (χ4n) is 6.73. The van der Waals surface area contributed by atoms with E-state index in [1.54, 1.807) is 6.92 Å². The molecule has 1 heterocycles. The molecule has 7 heteroatoms. The van der Waals surface area contributed by atoms with E-state index < -0.39 is 7.12 Å². The van der Waals surface area contributed by atoms with E-state index in [9.17, 15) is 9.59 Å². The summed E-state index contributed by atoms with van der Waals surface area (Å²) in [7, 11) is -0.537. The second-order valence-electron chi connectivity index (χ2n) is 11.7. The third-order valence-corrected chi connectivity index (χ3v) is 8.93. The molecule has 1 aromatic rings. The topological polar surface area (TPSA) is 67.9 Å². The minimum atomic E-state index is -0.537. The Bertz CT molecular complexity index is 1080. The van der Waals surface area contributed by atoms with Crippen LogP contribution in [0, 0.1) is 42.9 Å². The second kappa shape index (κ2) is 10.2. The Morgan fingerprint density at radius 2 is 2.00 bits per heavy atom. The van der Waals surface area contributed by atoms with Crippen LogP contribution in [0.2, 0.25) is 0 Å². The molecule has 5 rings (SSSR count). The van der Waals surface area contributed by atoms with Gasteiger partial charge in [-0.15, -0.1) is 0 Å². The minimum Gasteiger partial charge on any atom is -0.404 e. The van der Waals surface area contributed by atoms with Crippen LogP contribution in [0.3, 0.4) is 0 Å². The Morgan fingerprint density at radius 1 is 1.25 bits per heavy atom. The van der Waals surface area contributed by atoms with Gasteiger partial charge in [0, 0.05) is 6.54 Å². The summed E-state index contributed by atoms with van der Waals surface area (Å²) in [6.45, 7) is 15.1. The molecule has 0 aromatic heterocycles. The van der Waals surface area contributed by atoms with E-state index in [-0.39, 0.29) is 41.4 Å². The van der Waals surface area contributed by atoms with Gasteiger partial charge in [-0.1, -0.05) is 50.5 Å². The van der Waals surface area contributed by atoms with Gasteiger partial charge in [-0.2, -0.15) is 0 Å². The number of carbonyl (C=O) groups excluding carboxylic acids is 2. The van der Waals surface area contributed by atoms with Gasteiger partial charge in [0.25, 0.3) is 5.91 Å². The summed E-state index contributed by atoms with van der Waals surface area (Å²) in [5, 5.41) is 3.18. The maximum absolute atomic E-state index is 13.2. The van der Waals surface area contributed by atoms with Gasteiger partial charge in [0.15, 0.2) is 0 Å². The van der Waals surface area contributed by atoms with Crippen molar-refractivity contribution in [1.29, 1.82) is 0 Å². The zero-order chi connectivity index (χ0) is 26.3. The van der Waals surface area contributed by atoms with Gasteiger partial charge in [-0.25, -0.2) is 0 Å². The maximum Gasteiger partial charge on any atom is 0.482 e. The molecule has 3 aliphatic carbocycles. The molecular weight excluding hydrogens is 451 g/mol. The average Bonchev–Trinajstić information content (AvgIpc) is 3.17. The van der Waals surface area contributed by atoms with Crippen molar-refractivity contribution in [2.24, 2.45) is 17.3 Å². The second-order valence-corrected chi connectivity index (χ2v) is 11.7. The number of hydrogen-bond donors (Lipinski definition) is 1. The van der Waals surface area contributed by atoms with E-state index in [0.717, 1.165) is 18.4 Å². The molecule has 2 amide bonds. The molecule has 3 saturated carbocycles. The van der Waals surface area contributed by atoms with Gasteiger partial charge in [0.1, 0.15) is 6.54 Å². The summed E-state index contributed by atoms with van der Waals surface area (Å²) < 4.78 is 13.3. The molecule has 0 spiro atoms. The Balaban J connectivity index is 1.55. The number of nitrogens with zero attached hydrogens (tertiary/aromatic N) is 1. The number of hydrogen-bond acceptors (Lipinski definition) is 4. The Kier molecular flexibility index (Phi) is 7.60. The third-order valence-electron chi connectivity index (χ3n) is 8.93. The minimum absolute atomic E-state index is 0.0319. The molecule has 0 radical (unpaired) electrons. The SMILES string of the molecule is CC#CC(=O)N(CCC)CC(=O)N[C@@H](Cc1ccc(C)cc1C)B1O[C@@H]2CC3CC(C3(C)C)[C@]2(C)O1. The van der Waals surface area contributed by atoms with E-state index in [0.29, 0.717) is 24.8 Å². The molecule has 1 aromatic carbocycles. The Morgan fingerprint density at radius 3 is 2.64 bits per heavy atom. The van der Waals surface area contributed by atoms with Gasteiger partial charge >= 0.3 is 7.12 Å². The summed E-state index contributed by atoms with van der Waals surface area (Å²) in [4.78, 5) is 27.2. The fourth-order valence-corrected chi connectivity index (χ4v) is 6.73. The van der Waals surface area contributed by atoms with Crippen LogP contribution in [0.4, 0.5) is 0 Å². The normalized spacial score (nSPS) is 28.3. The summed E-state index contributed by atoms with van der Waals surface area (Å²) in [5.41, 5.74) is 3.43. The van der Waals surface area contributed by atoms with E-state index in [1.807, 2.05) is 6.92 Å². The highest BCUT2D eigenvalue weighted by atomic mass is 16.7. The number of carbonyl (C=O) groups is 2. The first-order valence-corrected chi connectivity index (χ1v) is 13.4. The molecule has 4 aliphatic rings. The zero-order valence-electron chi connectivity index (χ0n) is 22.9. The zero-order valence-corrected chi connectivity index (χ0v) is 22.9. The highest BCUT2D eigenvalue weighted by molar-refractivity contribution is 6.48. The van der Waals surface area contributed by atoms with Crippen molar-refractivity contribution >= 4 is 18.9 Å². The van der Waals surface area contributed by atoms with Gasteiger partial charge in [-0.05, 0) is 87.7 Å². The lowest BCUT2D eigenvalue weighted by Gasteiger charge is -2.64. The molecular formula is C29H41BN2O4. The maximum atomic E-state index is 13.2. The summed E-state index contributed by atoms with van der Waals surface area (Å²) in [6.07, 6.45) is 3.56. The van der Waals surface area contributed by atoms with Crippen molar-refractivity contribution < 1.29 is 18.9 Å². The molecule has 36 heavy (non-hydrogen) atoms. The van der Waals surface area contributed by atoms with Crippen LogP contribution in [0.25, 0.3) is 0 Å². The highest BCUT2D eigenvalue weighted by Crippen LogP contribution is 2.65. The van der Waals surface area contributed by atoms with Crippen LogP contribution < -0.4 is 5.32 Å². The third kappa shape index (κ3) is 4.95. The number of nitrogens with one attached hydrogen (secondary N) is 1. The standard InChI is InChI=1S/C29H41BN2O4/c1-8-10-27(34)32(13-9-2)18-26(33)31-25(15-21-12-11-19(3)14-20(21)4)30-35-24-17-22-16-23(28(22,5)6)29(24,7)36-30/h11-12,14,22-25H,9,13,15-18H2,1-7H3,(H,31,33)/t22?,23?,24-,25+,29+/m1/s1. The van der Waals surface area contributed by atoms with E-state index >= 15 is 0 Å². The first-order chi connectivity index (χ1) is 17.0. The van der Waals surface area contributed by atoms with Crippen molar-refractivity contribution in [3.8, 4) is 11.8 Å². The smallest absolute Gasteiger partial charge is 0.404 e. The molecule has 4 fully saturated rings. The van der Waals surface area contributed by atoms with Crippen LogP contribution >= 0.6 is 0 Å². The molecule has 1 saturated heterocycles. The Hall–Kier alpha value is -2.30. The number of aryl methyl sites for hydroxylation is 2. The van der Waals surface area contributed by atoms with Gasteiger partial charge < -0.3 is 19.5 Å². The van der Waals surface area contributed by atoms with Crippen LogP contribution in [-0.2, 0) is 25.3 Å². The van der Waals surface area contributed by atoms with E-state index in [4.69, 9.17) is 9.31 Å².